The maximum atomic E-state index is 14.4. The average molecular weight is 642 g/mol. The molecule has 0 amide bonds. The lowest BCUT2D eigenvalue weighted by atomic mass is 9.95. The topological polar surface area (TPSA) is 104 Å². The quantitative estimate of drug-likeness (QED) is 0.106. The van der Waals surface area contributed by atoms with E-state index >= 15 is 0 Å². The first-order chi connectivity index (χ1) is 20.0. The van der Waals surface area contributed by atoms with Crippen molar-refractivity contribution in [2.45, 2.75) is 74.2 Å². The Kier molecular flexibility index (Phi) is 10.8. The van der Waals surface area contributed by atoms with Crippen molar-refractivity contribution in [3.8, 4) is 11.3 Å². The molecule has 15 heteroatoms. The zero-order chi connectivity index (χ0) is 32.2. The molecule has 4 N–H and O–H groups in total. The number of furan rings is 1. The SMILES string of the molecule is CCc1ccc(-c2cc3ccc(SCCC(F)(F)C(F)(F)C(F)(F)C(F)(F)CCOC(=O)C(N)CN)cc3o2)c(CC)n1. The molecule has 3 aromatic rings. The van der Waals surface area contributed by atoms with E-state index in [1.165, 1.54) is 12.1 Å². The summed E-state index contributed by atoms with van der Waals surface area (Å²) in [6.07, 6.45) is -2.59. The van der Waals surface area contributed by atoms with Crippen LogP contribution in [0.4, 0.5) is 35.1 Å². The van der Waals surface area contributed by atoms with Gasteiger partial charge in [-0.3, -0.25) is 9.78 Å². The molecule has 1 unspecified atom stereocenters. The zero-order valence-corrected chi connectivity index (χ0v) is 24.1. The molecule has 3 rings (SSSR count). The molecule has 43 heavy (non-hydrogen) atoms. The molecule has 1 aromatic carbocycles. The van der Waals surface area contributed by atoms with Crippen molar-refractivity contribution >= 4 is 28.7 Å². The van der Waals surface area contributed by atoms with Gasteiger partial charge in [0.25, 0.3) is 0 Å². The fraction of sp³-hybridized carbons (Fsp3) is 0.500. The molecule has 0 saturated carbocycles. The van der Waals surface area contributed by atoms with Crippen LogP contribution in [0.5, 0.6) is 0 Å². The van der Waals surface area contributed by atoms with Gasteiger partial charge in [0, 0.05) is 40.3 Å². The van der Waals surface area contributed by atoms with E-state index in [0.29, 0.717) is 39.8 Å². The Morgan fingerprint density at radius 2 is 1.60 bits per heavy atom. The Morgan fingerprint density at radius 1 is 0.953 bits per heavy atom. The van der Waals surface area contributed by atoms with E-state index < -0.39 is 67.4 Å². The third kappa shape index (κ3) is 7.26. The first-order valence-electron chi connectivity index (χ1n) is 13.3. The summed E-state index contributed by atoms with van der Waals surface area (Å²) in [6.45, 7) is 1.99. The van der Waals surface area contributed by atoms with Crippen molar-refractivity contribution in [1.29, 1.82) is 0 Å². The van der Waals surface area contributed by atoms with E-state index in [1.807, 2.05) is 26.0 Å². The molecule has 0 aliphatic carbocycles. The molecular formula is C28H31F8N3O3S. The second-order valence-corrected chi connectivity index (χ2v) is 10.9. The molecule has 238 valence electrons. The normalized spacial score (nSPS) is 13.9. The first-order valence-corrected chi connectivity index (χ1v) is 14.3. The van der Waals surface area contributed by atoms with Crippen molar-refractivity contribution in [1.82, 2.24) is 4.98 Å². The zero-order valence-electron chi connectivity index (χ0n) is 23.2. The van der Waals surface area contributed by atoms with E-state index in [2.05, 4.69) is 9.72 Å². The number of esters is 1. The fourth-order valence-electron chi connectivity index (χ4n) is 4.02. The van der Waals surface area contributed by atoms with Crippen molar-refractivity contribution in [2.24, 2.45) is 11.5 Å². The Bertz CT molecular complexity index is 1420. The van der Waals surface area contributed by atoms with E-state index in [0.717, 1.165) is 23.4 Å². The Labute approximate surface area is 246 Å². The third-order valence-electron chi connectivity index (χ3n) is 6.70. The van der Waals surface area contributed by atoms with Crippen LogP contribution in [0.25, 0.3) is 22.3 Å². The highest BCUT2D eigenvalue weighted by Crippen LogP contribution is 2.54. The summed E-state index contributed by atoms with van der Waals surface area (Å²) >= 11 is 0.638. The fourth-order valence-corrected chi connectivity index (χ4v) is 4.97. The number of hydrogen-bond acceptors (Lipinski definition) is 7. The predicted octanol–water partition coefficient (Wildman–Crippen LogP) is 6.86. The van der Waals surface area contributed by atoms with Gasteiger partial charge in [-0.1, -0.05) is 13.8 Å². The van der Waals surface area contributed by atoms with Crippen molar-refractivity contribution < 1.29 is 49.1 Å². The van der Waals surface area contributed by atoms with Crippen LogP contribution in [-0.2, 0) is 22.4 Å². The molecular weight excluding hydrogens is 610 g/mol. The van der Waals surface area contributed by atoms with E-state index in [-0.39, 0.29) is 0 Å². The summed E-state index contributed by atoms with van der Waals surface area (Å²) in [5.41, 5.74) is 13.1. The van der Waals surface area contributed by atoms with Gasteiger partial charge < -0.3 is 20.6 Å². The molecule has 0 saturated heterocycles. The number of alkyl halides is 8. The molecule has 0 aliphatic rings. The van der Waals surface area contributed by atoms with E-state index in [4.69, 9.17) is 15.9 Å². The lowest BCUT2D eigenvalue weighted by molar-refractivity contribution is -0.367. The van der Waals surface area contributed by atoms with Gasteiger partial charge in [-0.25, -0.2) is 0 Å². The Morgan fingerprint density at radius 3 is 2.21 bits per heavy atom. The number of aromatic nitrogens is 1. The van der Waals surface area contributed by atoms with Gasteiger partial charge in [-0.05, 0) is 49.2 Å². The molecule has 1 atom stereocenters. The second kappa shape index (κ2) is 13.4. The Balaban J connectivity index is 1.68. The summed E-state index contributed by atoms with van der Waals surface area (Å²) < 4.78 is 124. The number of benzene rings is 1. The van der Waals surface area contributed by atoms with E-state index in [1.54, 1.807) is 12.1 Å². The number of thioether (sulfide) groups is 1. The smallest absolute Gasteiger partial charge is 0.378 e. The molecule has 2 aromatic heterocycles. The van der Waals surface area contributed by atoms with Gasteiger partial charge in [-0.2, -0.15) is 35.1 Å². The average Bonchev–Trinajstić information content (AvgIpc) is 3.39. The Hall–Kier alpha value is -2.91. The van der Waals surface area contributed by atoms with Crippen LogP contribution in [-0.4, -0.2) is 59.6 Å². The number of fused-ring (bicyclic) bond motifs is 1. The van der Waals surface area contributed by atoms with Gasteiger partial charge in [0.05, 0.1) is 18.7 Å². The number of aryl methyl sites for hydroxylation is 2. The number of ether oxygens (including phenoxy) is 1. The highest BCUT2D eigenvalue weighted by molar-refractivity contribution is 7.99. The minimum atomic E-state index is -6.47. The van der Waals surface area contributed by atoms with Crippen LogP contribution in [0.15, 0.2) is 45.7 Å². The number of hydrogen-bond donors (Lipinski definition) is 2. The maximum Gasteiger partial charge on any atom is 0.378 e. The van der Waals surface area contributed by atoms with Crippen LogP contribution >= 0.6 is 11.8 Å². The summed E-state index contributed by atoms with van der Waals surface area (Å²) in [5.74, 6) is -25.7. The number of pyridine rings is 1. The number of rotatable bonds is 15. The number of halogens is 8. The highest BCUT2D eigenvalue weighted by atomic mass is 32.2. The summed E-state index contributed by atoms with van der Waals surface area (Å²) in [6, 6.07) is 8.63. The third-order valence-corrected chi connectivity index (χ3v) is 7.70. The van der Waals surface area contributed by atoms with Crippen LogP contribution in [0.3, 0.4) is 0 Å². The van der Waals surface area contributed by atoms with Crippen LogP contribution in [0.1, 0.15) is 38.1 Å². The van der Waals surface area contributed by atoms with Gasteiger partial charge in [0.15, 0.2) is 0 Å². The molecule has 0 radical (unpaired) electrons. The van der Waals surface area contributed by atoms with Gasteiger partial charge >= 0.3 is 29.7 Å². The van der Waals surface area contributed by atoms with Crippen molar-refractivity contribution in [2.75, 3.05) is 18.9 Å². The minimum absolute atomic E-state index is 0.303. The van der Waals surface area contributed by atoms with Crippen LogP contribution in [0.2, 0.25) is 0 Å². The predicted molar refractivity (Wildman–Crippen MR) is 146 cm³/mol. The molecule has 0 bridgehead atoms. The monoisotopic (exact) mass is 641 g/mol. The van der Waals surface area contributed by atoms with Gasteiger partial charge in [0.1, 0.15) is 17.4 Å². The van der Waals surface area contributed by atoms with Gasteiger partial charge in [0.2, 0.25) is 0 Å². The largest absolute Gasteiger partial charge is 0.464 e. The van der Waals surface area contributed by atoms with Crippen molar-refractivity contribution in [3.05, 3.63) is 47.8 Å². The summed E-state index contributed by atoms with van der Waals surface area (Å²) in [4.78, 5) is 16.2. The van der Waals surface area contributed by atoms with Crippen molar-refractivity contribution in [3.63, 3.8) is 0 Å². The number of nitrogens with two attached hydrogens (primary N) is 2. The summed E-state index contributed by atoms with van der Waals surface area (Å²) in [7, 11) is 0. The van der Waals surface area contributed by atoms with Crippen LogP contribution < -0.4 is 11.5 Å². The molecule has 0 fully saturated rings. The van der Waals surface area contributed by atoms with E-state index in [9.17, 15) is 39.9 Å². The second-order valence-electron chi connectivity index (χ2n) is 9.73. The van der Waals surface area contributed by atoms with Gasteiger partial charge in [-0.15, -0.1) is 11.8 Å². The molecule has 0 aliphatic heterocycles. The van der Waals surface area contributed by atoms with Crippen LogP contribution in [0, 0.1) is 0 Å². The highest BCUT2D eigenvalue weighted by Gasteiger charge is 2.79. The summed E-state index contributed by atoms with van der Waals surface area (Å²) in [5, 5.41) is 0.662. The molecule has 0 spiro atoms. The lowest BCUT2D eigenvalue weighted by Gasteiger charge is -2.36. The maximum absolute atomic E-state index is 14.4. The first kappa shape index (κ1) is 34.6. The lowest BCUT2D eigenvalue weighted by Crippen LogP contribution is -2.62. The number of nitrogens with zero attached hydrogens (tertiary/aromatic N) is 1. The number of carbonyl (C=O) groups is 1. The molecule has 2 heterocycles. The standard InChI is InChI=1S/C28H31F8N3O3S/c1-3-17-6-8-19(21(4-2)39-17)23-13-16-5-7-18(14-22(16)42-23)43-12-10-26(31,32)28(35,36)27(33,34)25(29,30)9-11-41-24(40)20(38)15-37/h5-8,13-14,20H,3-4,9-12,15,37-38H2,1-2H3. The minimum Gasteiger partial charge on any atom is -0.464 e. The number of carbonyl (C=O) groups excluding carboxylic acids is 1. The molecule has 6 nitrogen and oxygen atoms in total.